The van der Waals surface area contributed by atoms with Crippen molar-refractivity contribution in [2.45, 2.75) is 33.2 Å². The summed E-state index contributed by atoms with van der Waals surface area (Å²) in [4.78, 5) is 25.5. The van der Waals surface area contributed by atoms with Gasteiger partial charge in [0.2, 0.25) is 11.8 Å². The van der Waals surface area contributed by atoms with Crippen molar-refractivity contribution < 1.29 is 14.0 Å². The Labute approximate surface area is 147 Å². The van der Waals surface area contributed by atoms with Gasteiger partial charge in [0.15, 0.2) is 0 Å². The van der Waals surface area contributed by atoms with Crippen molar-refractivity contribution >= 4 is 17.5 Å². The van der Waals surface area contributed by atoms with Crippen LogP contribution >= 0.6 is 0 Å². The second-order valence-electron chi connectivity index (χ2n) is 5.81. The fourth-order valence-corrected chi connectivity index (χ4v) is 2.52. The number of amides is 2. The molecule has 25 heavy (non-hydrogen) atoms. The van der Waals surface area contributed by atoms with Gasteiger partial charge in [0, 0.05) is 37.7 Å². The maximum absolute atomic E-state index is 13.5. The summed E-state index contributed by atoms with van der Waals surface area (Å²) in [6.07, 6.45) is 1.09. The van der Waals surface area contributed by atoms with Crippen LogP contribution < -0.4 is 10.2 Å². The molecule has 0 aromatic heterocycles. The van der Waals surface area contributed by atoms with Crippen molar-refractivity contribution in [3.05, 3.63) is 65.5 Å². The summed E-state index contributed by atoms with van der Waals surface area (Å²) in [5.74, 6) is -0.685. The van der Waals surface area contributed by atoms with Crippen LogP contribution in [-0.2, 0) is 22.6 Å². The Kier molecular flexibility index (Phi) is 6.69. The summed E-state index contributed by atoms with van der Waals surface area (Å²) in [6.45, 7) is 3.96. The number of nitrogens with one attached hydrogen (secondary N) is 1. The topological polar surface area (TPSA) is 49.4 Å². The van der Waals surface area contributed by atoms with E-state index in [-0.39, 0.29) is 37.1 Å². The summed E-state index contributed by atoms with van der Waals surface area (Å²) in [5, 5.41) is 2.69. The van der Waals surface area contributed by atoms with Crippen LogP contribution in [0, 0.1) is 5.82 Å². The Hall–Kier alpha value is -2.69. The summed E-state index contributed by atoms with van der Waals surface area (Å²) in [5.41, 5.74) is 2.40. The van der Waals surface area contributed by atoms with Gasteiger partial charge in [-0.25, -0.2) is 4.39 Å². The standard InChI is InChI=1S/C20H23FN2O2/c1-3-16-8-10-18(11-9-16)23(15(2)24)13-12-20(25)22-14-17-6-4-5-7-19(17)21/h4-11H,3,12-14H2,1-2H3,(H,22,25). The molecule has 0 heterocycles. The van der Waals surface area contributed by atoms with Crippen LogP contribution in [0.25, 0.3) is 0 Å². The summed E-state index contributed by atoms with van der Waals surface area (Å²) >= 11 is 0. The zero-order chi connectivity index (χ0) is 18.2. The third-order valence-corrected chi connectivity index (χ3v) is 4.03. The van der Waals surface area contributed by atoms with Crippen molar-refractivity contribution in [1.29, 1.82) is 0 Å². The van der Waals surface area contributed by atoms with E-state index in [1.165, 1.54) is 18.6 Å². The number of carbonyl (C=O) groups excluding carboxylic acids is 2. The van der Waals surface area contributed by atoms with Crippen molar-refractivity contribution in [2.75, 3.05) is 11.4 Å². The highest BCUT2D eigenvalue weighted by Crippen LogP contribution is 2.16. The van der Waals surface area contributed by atoms with Gasteiger partial charge in [-0.2, -0.15) is 0 Å². The molecule has 0 aliphatic carbocycles. The zero-order valence-electron chi connectivity index (χ0n) is 14.6. The van der Waals surface area contributed by atoms with Gasteiger partial charge >= 0.3 is 0 Å². The lowest BCUT2D eigenvalue weighted by Crippen LogP contribution is -2.33. The third-order valence-electron chi connectivity index (χ3n) is 4.03. The second-order valence-corrected chi connectivity index (χ2v) is 5.81. The first kappa shape index (κ1) is 18.6. The minimum absolute atomic E-state index is 0.119. The smallest absolute Gasteiger partial charge is 0.223 e. The Morgan fingerprint density at radius 1 is 1.08 bits per heavy atom. The quantitative estimate of drug-likeness (QED) is 0.838. The molecule has 0 bridgehead atoms. The average molecular weight is 342 g/mol. The number of aryl methyl sites for hydroxylation is 1. The highest BCUT2D eigenvalue weighted by molar-refractivity contribution is 5.92. The largest absolute Gasteiger partial charge is 0.352 e. The Morgan fingerprint density at radius 2 is 1.76 bits per heavy atom. The van der Waals surface area contributed by atoms with Gasteiger partial charge in [-0.05, 0) is 30.2 Å². The van der Waals surface area contributed by atoms with Crippen molar-refractivity contribution in [2.24, 2.45) is 0 Å². The molecule has 0 saturated carbocycles. The molecular weight excluding hydrogens is 319 g/mol. The van der Waals surface area contributed by atoms with Gasteiger partial charge in [-0.15, -0.1) is 0 Å². The van der Waals surface area contributed by atoms with E-state index < -0.39 is 0 Å². The monoisotopic (exact) mass is 342 g/mol. The molecule has 0 fully saturated rings. The number of anilines is 1. The Bertz CT molecular complexity index is 729. The molecule has 0 unspecified atom stereocenters. The van der Waals surface area contributed by atoms with Gasteiger partial charge in [-0.1, -0.05) is 37.3 Å². The minimum Gasteiger partial charge on any atom is -0.352 e. The first-order chi connectivity index (χ1) is 12.0. The molecule has 0 spiro atoms. The van der Waals surface area contributed by atoms with Gasteiger partial charge in [-0.3, -0.25) is 9.59 Å². The molecule has 2 aromatic carbocycles. The number of hydrogen-bond donors (Lipinski definition) is 1. The van der Waals surface area contributed by atoms with Crippen molar-refractivity contribution in [1.82, 2.24) is 5.32 Å². The number of benzene rings is 2. The van der Waals surface area contributed by atoms with E-state index in [0.717, 1.165) is 12.1 Å². The first-order valence-corrected chi connectivity index (χ1v) is 8.38. The fraction of sp³-hybridized carbons (Fsp3) is 0.300. The number of carbonyl (C=O) groups is 2. The number of halogens is 1. The van der Waals surface area contributed by atoms with E-state index in [1.54, 1.807) is 23.1 Å². The van der Waals surface area contributed by atoms with Gasteiger partial charge < -0.3 is 10.2 Å². The lowest BCUT2D eigenvalue weighted by molar-refractivity contribution is -0.121. The molecule has 0 aliphatic heterocycles. The van der Waals surface area contributed by atoms with Crippen LogP contribution in [0.1, 0.15) is 31.4 Å². The number of nitrogens with zero attached hydrogens (tertiary/aromatic N) is 1. The molecule has 2 rings (SSSR count). The van der Waals surface area contributed by atoms with Crippen molar-refractivity contribution in [3.8, 4) is 0 Å². The molecule has 2 aromatic rings. The van der Waals surface area contributed by atoms with E-state index in [0.29, 0.717) is 5.56 Å². The maximum Gasteiger partial charge on any atom is 0.223 e. The van der Waals surface area contributed by atoms with E-state index >= 15 is 0 Å². The first-order valence-electron chi connectivity index (χ1n) is 8.38. The number of hydrogen-bond acceptors (Lipinski definition) is 2. The van der Waals surface area contributed by atoms with E-state index in [4.69, 9.17) is 0 Å². The summed E-state index contributed by atoms with van der Waals surface area (Å²) < 4.78 is 13.5. The Balaban J connectivity index is 1.90. The summed E-state index contributed by atoms with van der Waals surface area (Å²) in [6, 6.07) is 14.0. The molecule has 132 valence electrons. The molecule has 2 amide bonds. The predicted octanol–water partition coefficient (Wildman–Crippen LogP) is 3.45. The highest BCUT2D eigenvalue weighted by Gasteiger charge is 2.13. The molecule has 1 N–H and O–H groups in total. The van der Waals surface area contributed by atoms with E-state index in [9.17, 15) is 14.0 Å². The van der Waals surface area contributed by atoms with Crippen LogP contribution in [-0.4, -0.2) is 18.4 Å². The molecule has 5 heteroatoms. The van der Waals surface area contributed by atoms with Crippen LogP contribution in [0.5, 0.6) is 0 Å². The van der Waals surface area contributed by atoms with E-state index in [1.807, 2.05) is 24.3 Å². The van der Waals surface area contributed by atoms with Crippen LogP contribution in [0.2, 0.25) is 0 Å². The predicted molar refractivity (Wildman–Crippen MR) is 96.7 cm³/mol. The lowest BCUT2D eigenvalue weighted by Gasteiger charge is -2.21. The molecule has 0 atom stereocenters. The highest BCUT2D eigenvalue weighted by atomic mass is 19.1. The second kappa shape index (κ2) is 8.97. The van der Waals surface area contributed by atoms with Crippen LogP contribution in [0.15, 0.2) is 48.5 Å². The fourth-order valence-electron chi connectivity index (χ4n) is 2.52. The SMILES string of the molecule is CCc1ccc(N(CCC(=O)NCc2ccccc2F)C(C)=O)cc1. The molecule has 0 radical (unpaired) electrons. The average Bonchev–Trinajstić information content (AvgIpc) is 2.61. The maximum atomic E-state index is 13.5. The Morgan fingerprint density at radius 3 is 2.36 bits per heavy atom. The van der Waals surface area contributed by atoms with E-state index in [2.05, 4.69) is 12.2 Å². The number of rotatable bonds is 7. The summed E-state index contributed by atoms with van der Waals surface area (Å²) in [7, 11) is 0. The van der Waals surface area contributed by atoms with Crippen molar-refractivity contribution in [3.63, 3.8) is 0 Å². The van der Waals surface area contributed by atoms with Gasteiger partial charge in [0.25, 0.3) is 0 Å². The van der Waals surface area contributed by atoms with Gasteiger partial charge in [0.05, 0.1) is 0 Å². The van der Waals surface area contributed by atoms with Crippen LogP contribution in [0.3, 0.4) is 0 Å². The molecule has 0 saturated heterocycles. The molecule has 4 nitrogen and oxygen atoms in total. The molecule has 0 aliphatic rings. The van der Waals surface area contributed by atoms with Gasteiger partial charge in [0.1, 0.15) is 5.82 Å². The van der Waals surface area contributed by atoms with Crippen LogP contribution in [0.4, 0.5) is 10.1 Å². The molecular formula is C20H23FN2O2. The third kappa shape index (κ3) is 5.41. The lowest BCUT2D eigenvalue weighted by atomic mass is 10.1. The normalized spacial score (nSPS) is 10.4. The minimum atomic E-state index is -0.343. The zero-order valence-corrected chi connectivity index (χ0v) is 14.6.